The predicted molar refractivity (Wildman–Crippen MR) is 32.3 cm³/mol. The molecular weight excluding hydrogens is 102 g/mol. The molecule has 0 saturated carbocycles. The lowest BCUT2D eigenvalue weighted by atomic mass is 10.2. The Labute approximate surface area is 49.5 Å². The van der Waals surface area contributed by atoms with Gasteiger partial charge in [0.1, 0.15) is 0 Å². The fourth-order valence-corrected chi connectivity index (χ4v) is 0.641. The van der Waals surface area contributed by atoms with Crippen LogP contribution in [0.4, 0.5) is 0 Å². The summed E-state index contributed by atoms with van der Waals surface area (Å²) in [5.41, 5.74) is 0. The van der Waals surface area contributed by atoms with Gasteiger partial charge < -0.3 is 10.1 Å². The van der Waals surface area contributed by atoms with Crippen molar-refractivity contribution in [2.24, 2.45) is 5.92 Å². The van der Waals surface area contributed by atoms with Crippen LogP contribution >= 0.6 is 0 Å². The van der Waals surface area contributed by atoms with Gasteiger partial charge in [-0.25, -0.2) is 0 Å². The second-order valence-electron chi connectivity index (χ2n) is 2.22. The standard InChI is InChI=1S/C6H11NO/c1-5-3-7-6(2)8-4-5/h5,7H,2-4H2,1H3. The maximum atomic E-state index is 5.08. The predicted octanol–water partition coefficient (Wildman–Crippen LogP) is 0.714. The van der Waals surface area contributed by atoms with Crippen LogP contribution < -0.4 is 5.32 Å². The van der Waals surface area contributed by atoms with Crippen LogP contribution in [-0.2, 0) is 4.74 Å². The van der Waals surface area contributed by atoms with E-state index in [0.717, 1.165) is 13.2 Å². The van der Waals surface area contributed by atoms with Gasteiger partial charge in [0.2, 0.25) is 0 Å². The highest BCUT2D eigenvalue weighted by Gasteiger charge is 2.08. The van der Waals surface area contributed by atoms with Crippen LogP contribution in [0.25, 0.3) is 0 Å². The molecule has 0 bridgehead atoms. The summed E-state index contributed by atoms with van der Waals surface area (Å²) >= 11 is 0. The number of hydrogen-bond acceptors (Lipinski definition) is 2. The Bertz CT molecular complexity index is 90.7. The van der Waals surface area contributed by atoms with E-state index in [0.29, 0.717) is 11.8 Å². The van der Waals surface area contributed by atoms with Gasteiger partial charge in [-0.15, -0.1) is 0 Å². The van der Waals surface area contributed by atoms with Crippen molar-refractivity contribution < 1.29 is 4.74 Å². The summed E-state index contributed by atoms with van der Waals surface area (Å²) < 4.78 is 5.08. The summed E-state index contributed by atoms with van der Waals surface area (Å²) in [4.78, 5) is 0. The summed E-state index contributed by atoms with van der Waals surface area (Å²) in [6.07, 6.45) is 0. The van der Waals surface area contributed by atoms with Crippen molar-refractivity contribution in [2.75, 3.05) is 13.2 Å². The molecule has 0 aromatic carbocycles. The van der Waals surface area contributed by atoms with Crippen LogP contribution in [0.5, 0.6) is 0 Å². The SMILES string of the molecule is C=C1NCC(C)CO1. The molecule has 0 aromatic rings. The minimum absolute atomic E-state index is 0.625. The first-order chi connectivity index (χ1) is 3.79. The maximum Gasteiger partial charge on any atom is 0.179 e. The molecule has 1 aliphatic heterocycles. The van der Waals surface area contributed by atoms with E-state index < -0.39 is 0 Å². The Hall–Kier alpha value is -0.660. The second-order valence-corrected chi connectivity index (χ2v) is 2.22. The maximum absolute atomic E-state index is 5.08. The first kappa shape index (κ1) is 5.48. The molecule has 46 valence electrons. The van der Waals surface area contributed by atoms with Crippen molar-refractivity contribution in [2.45, 2.75) is 6.92 Å². The molecule has 1 saturated heterocycles. The Balaban J connectivity index is 2.29. The molecule has 1 heterocycles. The highest BCUT2D eigenvalue weighted by Crippen LogP contribution is 2.03. The average Bonchev–Trinajstić information content (AvgIpc) is 1.77. The summed E-state index contributed by atoms with van der Waals surface area (Å²) in [6.45, 7) is 7.56. The van der Waals surface area contributed by atoms with Gasteiger partial charge >= 0.3 is 0 Å². The topological polar surface area (TPSA) is 21.3 Å². The number of rotatable bonds is 0. The highest BCUT2D eigenvalue weighted by atomic mass is 16.5. The lowest BCUT2D eigenvalue weighted by molar-refractivity contribution is 0.119. The minimum atomic E-state index is 0.625. The molecule has 1 unspecified atom stereocenters. The lowest BCUT2D eigenvalue weighted by Gasteiger charge is -2.22. The molecule has 1 N–H and O–H groups in total. The Morgan fingerprint density at radius 1 is 1.88 bits per heavy atom. The van der Waals surface area contributed by atoms with Gasteiger partial charge in [0.25, 0.3) is 0 Å². The molecular formula is C6H11NO. The molecule has 0 aliphatic carbocycles. The fourth-order valence-electron chi connectivity index (χ4n) is 0.641. The van der Waals surface area contributed by atoms with Crippen LogP contribution in [0.15, 0.2) is 12.5 Å². The van der Waals surface area contributed by atoms with Gasteiger partial charge in [0.05, 0.1) is 6.61 Å². The Morgan fingerprint density at radius 2 is 2.62 bits per heavy atom. The summed E-state index contributed by atoms with van der Waals surface area (Å²) in [5, 5.41) is 3.02. The molecule has 0 amide bonds. The van der Waals surface area contributed by atoms with Gasteiger partial charge in [-0.05, 0) is 6.58 Å². The second kappa shape index (κ2) is 2.07. The zero-order valence-corrected chi connectivity index (χ0v) is 5.11. The summed E-state index contributed by atoms with van der Waals surface area (Å²) in [7, 11) is 0. The normalized spacial score (nSPS) is 28.6. The third-order valence-electron chi connectivity index (χ3n) is 1.19. The van der Waals surface area contributed by atoms with E-state index in [1.807, 2.05) is 0 Å². The highest BCUT2D eigenvalue weighted by molar-refractivity contribution is 4.83. The molecule has 1 rings (SSSR count). The molecule has 0 radical (unpaired) electrons. The van der Waals surface area contributed by atoms with Gasteiger partial charge in [-0.1, -0.05) is 6.92 Å². The van der Waals surface area contributed by atoms with Crippen molar-refractivity contribution >= 4 is 0 Å². The van der Waals surface area contributed by atoms with Crippen molar-refractivity contribution in [3.63, 3.8) is 0 Å². The van der Waals surface area contributed by atoms with Crippen molar-refractivity contribution in [1.29, 1.82) is 0 Å². The van der Waals surface area contributed by atoms with Crippen LogP contribution in [0.3, 0.4) is 0 Å². The number of ether oxygens (including phenoxy) is 1. The third kappa shape index (κ3) is 1.15. The zero-order chi connectivity index (χ0) is 5.98. The van der Waals surface area contributed by atoms with E-state index >= 15 is 0 Å². The van der Waals surface area contributed by atoms with Crippen molar-refractivity contribution in [3.8, 4) is 0 Å². The molecule has 0 spiro atoms. The van der Waals surface area contributed by atoms with Gasteiger partial charge in [0, 0.05) is 12.5 Å². The van der Waals surface area contributed by atoms with E-state index in [1.165, 1.54) is 0 Å². The number of hydrogen-bond donors (Lipinski definition) is 1. The van der Waals surface area contributed by atoms with E-state index in [-0.39, 0.29) is 0 Å². The monoisotopic (exact) mass is 113 g/mol. The van der Waals surface area contributed by atoms with E-state index in [4.69, 9.17) is 4.74 Å². The quantitative estimate of drug-likeness (QED) is 0.499. The molecule has 1 fully saturated rings. The van der Waals surface area contributed by atoms with Crippen LogP contribution in [0.2, 0.25) is 0 Å². The van der Waals surface area contributed by atoms with Crippen LogP contribution in [0.1, 0.15) is 6.92 Å². The van der Waals surface area contributed by atoms with E-state index in [2.05, 4.69) is 18.8 Å². The van der Waals surface area contributed by atoms with Gasteiger partial charge in [-0.3, -0.25) is 0 Å². The summed E-state index contributed by atoms with van der Waals surface area (Å²) in [6, 6.07) is 0. The smallest absolute Gasteiger partial charge is 0.179 e. The molecule has 1 aliphatic rings. The molecule has 2 heteroatoms. The Kier molecular flexibility index (Phi) is 1.42. The fraction of sp³-hybridized carbons (Fsp3) is 0.667. The van der Waals surface area contributed by atoms with E-state index in [9.17, 15) is 0 Å². The minimum Gasteiger partial charge on any atom is -0.479 e. The molecule has 0 aromatic heterocycles. The van der Waals surface area contributed by atoms with Crippen molar-refractivity contribution in [1.82, 2.24) is 5.32 Å². The molecule has 2 nitrogen and oxygen atoms in total. The number of nitrogens with one attached hydrogen (secondary N) is 1. The van der Waals surface area contributed by atoms with Crippen LogP contribution in [-0.4, -0.2) is 13.2 Å². The summed E-state index contributed by atoms with van der Waals surface area (Å²) in [5.74, 6) is 1.34. The van der Waals surface area contributed by atoms with Gasteiger partial charge in [0.15, 0.2) is 5.88 Å². The Morgan fingerprint density at radius 3 is 3.00 bits per heavy atom. The largest absolute Gasteiger partial charge is 0.479 e. The molecule has 8 heavy (non-hydrogen) atoms. The van der Waals surface area contributed by atoms with Crippen molar-refractivity contribution in [3.05, 3.63) is 12.5 Å². The van der Waals surface area contributed by atoms with Gasteiger partial charge in [-0.2, -0.15) is 0 Å². The molecule has 1 atom stereocenters. The first-order valence-electron chi connectivity index (χ1n) is 2.84. The third-order valence-corrected chi connectivity index (χ3v) is 1.19. The first-order valence-corrected chi connectivity index (χ1v) is 2.84. The van der Waals surface area contributed by atoms with E-state index in [1.54, 1.807) is 0 Å². The average molecular weight is 113 g/mol. The van der Waals surface area contributed by atoms with Crippen LogP contribution in [0, 0.1) is 5.92 Å². The lowest BCUT2D eigenvalue weighted by Crippen LogP contribution is -2.30. The zero-order valence-electron chi connectivity index (χ0n) is 5.11.